The molecule has 0 spiro atoms. The van der Waals surface area contributed by atoms with Crippen LogP contribution in [0.1, 0.15) is 12.5 Å². The van der Waals surface area contributed by atoms with Crippen LogP contribution in [0.4, 0.5) is 5.69 Å². The molecule has 0 bridgehead atoms. The van der Waals surface area contributed by atoms with Crippen molar-refractivity contribution < 1.29 is 0 Å². The smallest absolute Gasteiger partial charge is 0.107 e. The third-order valence-electron chi connectivity index (χ3n) is 2.14. The average molecular weight is 173 g/mol. The second-order valence-electron chi connectivity index (χ2n) is 3.28. The Hall–Kier alpha value is -1.44. The van der Waals surface area contributed by atoms with Crippen LogP contribution in [0.3, 0.4) is 0 Å². The summed E-state index contributed by atoms with van der Waals surface area (Å²) in [7, 11) is 0. The number of aryl methyl sites for hydroxylation is 1. The van der Waals surface area contributed by atoms with Crippen LogP contribution in [0.15, 0.2) is 36.5 Å². The molecule has 1 aromatic rings. The number of nitrogens with one attached hydrogen (secondary N) is 1. The van der Waals surface area contributed by atoms with E-state index in [0.717, 1.165) is 0 Å². The SMILES string of the molecule is C[C]1C=CNN1c1cccc(C)c1. The molecule has 0 atom stereocenters. The van der Waals surface area contributed by atoms with Crippen LogP contribution in [0, 0.1) is 13.0 Å². The molecule has 1 aromatic carbocycles. The van der Waals surface area contributed by atoms with Gasteiger partial charge >= 0.3 is 0 Å². The Bertz CT molecular complexity index is 331. The molecule has 0 unspecified atom stereocenters. The van der Waals surface area contributed by atoms with Gasteiger partial charge in [-0.2, -0.15) is 0 Å². The fourth-order valence-electron chi connectivity index (χ4n) is 1.45. The van der Waals surface area contributed by atoms with Crippen LogP contribution < -0.4 is 10.4 Å². The van der Waals surface area contributed by atoms with Gasteiger partial charge in [0.2, 0.25) is 0 Å². The van der Waals surface area contributed by atoms with Crippen molar-refractivity contribution in [2.45, 2.75) is 13.8 Å². The maximum absolute atomic E-state index is 3.17. The number of hydrogen-bond acceptors (Lipinski definition) is 2. The summed E-state index contributed by atoms with van der Waals surface area (Å²) in [6, 6.07) is 9.63. The fraction of sp³-hybridized carbons (Fsp3) is 0.182. The van der Waals surface area contributed by atoms with Gasteiger partial charge in [-0.15, -0.1) is 0 Å². The van der Waals surface area contributed by atoms with Crippen molar-refractivity contribution in [2.24, 2.45) is 0 Å². The summed E-state index contributed by atoms with van der Waals surface area (Å²) in [5.74, 6) is 0. The third kappa shape index (κ3) is 1.52. The summed E-state index contributed by atoms with van der Waals surface area (Å²) in [5, 5.41) is 2.06. The first-order chi connectivity index (χ1) is 6.27. The lowest BCUT2D eigenvalue weighted by atomic mass is 10.2. The summed E-state index contributed by atoms with van der Waals surface area (Å²) < 4.78 is 0. The Morgan fingerprint density at radius 2 is 2.08 bits per heavy atom. The highest BCUT2D eigenvalue weighted by atomic mass is 15.5. The van der Waals surface area contributed by atoms with E-state index in [1.54, 1.807) is 0 Å². The van der Waals surface area contributed by atoms with Crippen molar-refractivity contribution in [3.63, 3.8) is 0 Å². The maximum atomic E-state index is 3.17. The van der Waals surface area contributed by atoms with Gasteiger partial charge in [-0.25, -0.2) is 0 Å². The minimum absolute atomic E-state index is 1.18. The van der Waals surface area contributed by atoms with E-state index in [4.69, 9.17) is 0 Å². The molecule has 0 aliphatic carbocycles. The third-order valence-corrected chi connectivity index (χ3v) is 2.14. The van der Waals surface area contributed by atoms with E-state index < -0.39 is 0 Å². The van der Waals surface area contributed by atoms with Gasteiger partial charge in [0.15, 0.2) is 0 Å². The largest absolute Gasteiger partial charge is 0.305 e. The Morgan fingerprint density at radius 3 is 2.69 bits per heavy atom. The molecule has 2 nitrogen and oxygen atoms in total. The van der Waals surface area contributed by atoms with Crippen LogP contribution in [0.2, 0.25) is 0 Å². The van der Waals surface area contributed by atoms with E-state index in [9.17, 15) is 0 Å². The van der Waals surface area contributed by atoms with E-state index in [2.05, 4.69) is 54.6 Å². The number of benzene rings is 1. The van der Waals surface area contributed by atoms with Crippen molar-refractivity contribution >= 4 is 5.69 Å². The van der Waals surface area contributed by atoms with Gasteiger partial charge in [-0.1, -0.05) is 12.1 Å². The van der Waals surface area contributed by atoms with Crippen molar-refractivity contribution in [3.8, 4) is 0 Å². The van der Waals surface area contributed by atoms with Gasteiger partial charge in [-0.3, -0.25) is 5.01 Å². The summed E-state index contributed by atoms with van der Waals surface area (Å²) in [4.78, 5) is 0. The molecule has 1 aliphatic rings. The molecule has 1 aliphatic heterocycles. The number of rotatable bonds is 1. The lowest BCUT2D eigenvalue weighted by molar-refractivity contribution is 0.825. The molecule has 67 valence electrons. The molecular weight excluding hydrogens is 160 g/mol. The summed E-state index contributed by atoms with van der Waals surface area (Å²) in [6.07, 6.45) is 4.00. The highest BCUT2D eigenvalue weighted by Crippen LogP contribution is 2.22. The lowest BCUT2D eigenvalue weighted by Gasteiger charge is -2.23. The van der Waals surface area contributed by atoms with E-state index in [-0.39, 0.29) is 0 Å². The molecule has 1 N–H and O–H groups in total. The number of anilines is 1. The van der Waals surface area contributed by atoms with Gasteiger partial charge in [0, 0.05) is 6.20 Å². The highest BCUT2D eigenvalue weighted by Gasteiger charge is 2.15. The van der Waals surface area contributed by atoms with Gasteiger partial charge in [0.05, 0.1) is 5.69 Å². The molecule has 2 heteroatoms. The van der Waals surface area contributed by atoms with Crippen LogP contribution in [-0.4, -0.2) is 0 Å². The Balaban J connectivity index is 2.26. The zero-order valence-electron chi connectivity index (χ0n) is 7.91. The summed E-state index contributed by atoms with van der Waals surface area (Å²) >= 11 is 0. The molecular formula is C11H13N2. The second-order valence-corrected chi connectivity index (χ2v) is 3.28. The first-order valence-electron chi connectivity index (χ1n) is 4.40. The molecule has 0 saturated carbocycles. The topological polar surface area (TPSA) is 15.3 Å². The van der Waals surface area contributed by atoms with Crippen LogP contribution in [-0.2, 0) is 0 Å². The molecule has 1 radical (unpaired) electrons. The predicted molar refractivity (Wildman–Crippen MR) is 54.9 cm³/mol. The normalized spacial score (nSPS) is 16.3. The zero-order valence-corrected chi connectivity index (χ0v) is 7.91. The number of hydrazine groups is 1. The minimum atomic E-state index is 1.18. The van der Waals surface area contributed by atoms with Gasteiger partial charge in [-0.05, 0) is 37.6 Å². The Labute approximate surface area is 78.8 Å². The van der Waals surface area contributed by atoms with Crippen molar-refractivity contribution in [3.05, 3.63) is 48.1 Å². The molecule has 13 heavy (non-hydrogen) atoms. The first kappa shape index (κ1) is 8.17. The molecule has 0 fully saturated rings. The standard InChI is InChI=1S/C11H13N2/c1-9-4-3-5-11(8-9)13-10(2)6-7-12-13/h3-8,12H,1-2H3. The molecule has 0 amide bonds. The quantitative estimate of drug-likeness (QED) is 0.701. The van der Waals surface area contributed by atoms with Crippen LogP contribution in [0.5, 0.6) is 0 Å². The average Bonchev–Trinajstić information content (AvgIpc) is 2.51. The summed E-state index contributed by atoms with van der Waals surface area (Å²) in [5.41, 5.74) is 5.63. The second kappa shape index (κ2) is 3.13. The van der Waals surface area contributed by atoms with Gasteiger partial charge in [0.1, 0.15) is 6.04 Å². The lowest BCUT2D eigenvalue weighted by Crippen LogP contribution is -2.30. The van der Waals surface area contributed by atoms with Crippen LogP contribution in [0.25, 0.3) is 0 Å². The van der Waals surface area contributed by atoms with Gasteiger partial charge in [0.25, 0.3) is 0 Å². The maximum Gasteiger partial charge on any atom is 0.107 e. The predicted octanol–water partition coefficient (Wildman–Crippen LogP) is 2.39. The monoisotopic (exact) mass is 173 g/mol. The molecule has 1 heterocycles. The Morgan fingerprint density at radius 1 is 1.23 bits per heavy atom. The van der Waals surface area contributed by atoms with E-state index in [0.29, 0.717) is 0 Å². The first-order valence-corrected chi connectivity index (χ1v) is 4.40. The van der Waals surface area contributed by atoms with Crippen molar-refractivity contribution in [1.82, 2.24) is 5.43 Å². The molecule has 0 aromatic heterocycles. The minimum Gasteiger partial charge on any atom is -0.305 e. The van der Waals surface area contributed by atoms with Crippen LogP contribution >= 0.6 is 0 Å². The fourth-order valence-corrected chi connectivity index (χ4v) is 1.45. The van der Waals surface area contributed by atoms with Crippen molar-refractivity contribution in [2.75, 3.05) is 5.01 Å². The summed E-state index contributed by atoms with van der Waals surface area (Å²) in [6.45, 7) is 4.18. The van der Waals surface area contributed by atoms with E-state index in [1.165, 1.54) is 17.3 Å². The number of nitrogens with zero attached hydrogens (tertiary/aromatic N) is 1. The van der Waals surface area contributed by atoms with E-state index >= 15 is 0 Å². The Kier molecular flexibility index (Phi) is 1.97. The zero-order chi connectivity index (χ0) is 9.26. The van der Waals surface area contributed by atoms with Crippen molar-refractivity contribution in [1.29, 1.82) is 0 Å². The van der Waals surface area contributed by atoms with Gasteiger partial charge < -0.3 is 5.43 Å². The molecule has 2 rings (SSSR count). The highest BCUT2D eigenvalue weighted by molar-refractivity contribution is 5.54. The van der Waals surface area contributed by atoms with E-state index in [1.807, 2.05) is 6.20 Å². The number of hydrogen-bond donors (Lipinski definition) is 1. The molecule has 0 saturated heterocycles.